The number of nitrogen functional groups attached to an aromatic ring is 1. The van der Waals surface area contributed by atoms with E-state index in [0.717, 1.165) is 6.54 Å². The average Bonchev–Trinajstić information content (AvgIpc) is 2.41. The van der Waals surface area contributed by atoms with Crippen LogP contribution in [0, 0.1) is 17.0 Å². The molecule has 1 heterocycles. The number of nitrogens with two attached hydrogens (primary N) is 1. The molecule has 118 valence electrons. The predicted octanol–water partition coefficient (Wildman–Crippen LogP) is -0.0311. The van der Waals surface area contributed by atoms with Crippen molar-refractivity contribution in [3.63, 3.8) is 0 Å². The largest absolute Gasteiger partial charge is 0.378 e. The molecule has 10 heteroatoms. The molecule has 10 nitrogen and oxygen atoms in total. The van der Waals surface area contributed by atoms with E-state index in [-0.39, 0.29) is 23.1 Å². The highest BCUT2D eigenvalue weighted by Gasteiger charge is 2.21. The zero-order valence-electron chi connectivity index (χ0n) is 12.4. The van der Waals surface area contributed by atoms with Gasteiger partial charge in [0.15, 0.2) is 0 Å². The number of nitro groups is 1. The lowest BCUT2D eigenvalue weighted by Crippen LogP contribution is -2.20. The van der Waals surface area contributed by atoms with Crippen LogP contribution in [0.3, 0.4) is 0 Å². The minimum Gasteiger partial charge on any atom is -0.378 e. The minimum atomic E-state index is -0.523. The topological polar surface area (TPSA) is 131 Å². The van der Waals surface area contributed by atoms with Crippen LogP contribution in [0.2, 0.25) is 0 Å². The van der Waals surface area contributed by atoms with E-state index in [0.29, 0.717) is 19.8 Å². The Balaban J connectivity index is 2.60. The maximum Gasteiger partial charge on any atom is 0.332 e. The molecule has 0 aromatic carbocycles. The van der Waals surface area contributed by atoms with Crippen LogP contribution in [0.15, 0.2) is 0 Å². The first-order valence-electron chi connectivity index (χ1n) is 6.41. The SMILES string of the molecule is Cc1nc(NN)nc(NCCOCCN(C)C)c1[N+](=O)[O-]. The van der Waals surface area contributed by atoms with Crippen molar-refractivity contribution in [2.45, 2.75) is 6.92 Å². The summed E-state index contributed by atoms with van der Waals surface area (Å²) in [6.07, 6.45) is 0. The van der Waals surface area contributed by atoms with Gasteiger partial charge >= 0.3 is 5.69 Å². The summed E-state index contributed by atoms with van der Waals surface area (Å²) < 4.78 is 5.40. The maximum atomic E-state index is 11.0. The third kappa shape index (κ3) is 5.45. The first kappa shape index (κ1) is 17.0. The van der Waals surface area contributed by atoms with Gasteiger partial charge in [0.1, 0.15) is 5.69 Å². The highest BCUT2D eigenvalue weighted by molar-refractivity contribution is 5.60. The van der Waals surface area contributed by atoms with Crippen LogP contribution in [0.5, 0.6) is 0 Å². The molecule has 0 fully saturated rings. The fourth-order valence-electron chi connectivity index (χ4n) is 1.56. The van der Waals surface area contributed by atoms with Gasteiger partial charge in [0, 0.05) is 13.1 Å². The fourth-order valence-corrected chi connectivity index (χ4v) is 1.56. The van der Waals surface area contributed by atoms with Gasteiger partial charge in [0.25, 0.3) is 0 Å². The highest BCUT2D eigenvalue weighted by atomic mass is 16.6. The second-order valence-electron chi connectivity index (χ2n) is 4.57. The molecule has 0 atom stereocenters. The lowest BCUT2D eigenvalue weighted by Gasteiger charge is -2.11. The van der Waals surface area contributed by atoms with Gasteiger partial charge < -0.3 is 15.0 Å². The number of anilines is 2. The Bertz CT molecular complexity index is 481. The van der Waals surface area contributed by atoms with Gasteiger partial charge in [-0.1, -0.05) is 0 Å². The zero-order valence-corrected chi connectivity index (χ0v) is 12.4. The summed E-state index contributed by atoms with van der Waals surface area (Å²) >= 11 is 0. The van der Waals surface area contributed by atoms with Crippen LogP contribution < -0.4 is 16.6 Å². The number of nitrogens with zero attached hydrogens (tertiary/aromatic N) is 4. The van der Waals surface area contributed by atoms with E-state index in [1.54, 1.807) is 0 Å². The van der Waals surface area contributed by atoms with Crippen LogP contribution in [0.4, 0.5) is 17.5 Å². The molecule has 0 radical (unpaired) electrons. The van der Waals surface area contributed by atoms with E-state index in [4.69, 9.17) is 10.6 Å². The van der Waals surface area contributed by atoms with Gasteiger partial charge in [-0.2, -0.15) is 4.98 Å². The molecule has 0 amide bonds. The molecule has 0 saturated heterocycles. The second kappa shape index (κ2) is 8.29. The van der Waals surface area contributed by atoms with Gasteiger partial charge in [-0.25, -0.2) is 10.8 Å². The van der Waals surface area contributed by atoms with Gasteiger partial charge in [0.2, 0.25) is 11.8 Å². The Morgan fingerprint density at radius 2 is 2.10 bits per heavy atom. The number of aromatic nitrogens is 2. The summed E-state index contributed by atoms with van der Waals surface area (Å²) in [7, 11) is 3.91. The third-order valence-electron chi connectivity index (χ3n) is 2.59. The first-order chi connectivity index (χ1) is 9.95. The Labute approximate surface area is 122 Å². The maximum absolute atomic E-state index is 11.0. The Hall–Kier alpha value is -2.04. The molecule has 4 N–H and O–H groups in total. The summed E-state index contributed by atoms with van der Waals surface area (Å²) in [5, 5.41) is 13.9. The number of hydrazine groups is 1. The number of likely N-dealkylation sites (N-methyl/N-ethyl adjacent to an activating group) is 1. The molecule has 1 aromatic heterocycles. The normalized spacial score (nSPS) is 10.7. The molecule has 0 aliphatic heterocycles. The molecule has 0 bridgehead atoms. The van der Waals surface area contributed by atoms with Crippen molar-refractivity contribution >= 4 is 17.5 Å². The molecule has 0 saturated carbocycles. The molecule has 21 heavy (non-hydrogen) atoms. The zero-order chi connectivity index (χ0) is 15.8. The van der Waals surface area contributed by atoms with Crippen molar-refractivity contribution in [1.29, 1.82) is 0 Å². The van der Waals surface area contributed by atoms with Crippen LogP contribution in [-0.2, 0) is 4.74 Å². The van der Waals surface area contributed by atoms with Crippen molar-refractivity contribution in [1.82, 2.24) is 14.9 Å². The van der Waals surface area contributed by atoms with Crippen molar-refractivity contribution in [3.05, 3.63) is 15.8 Å². The van der Waals surface area contributed by atoms with Crippen molar-refractivity contribution in [2.24, 2.45) is 5.84 Å². The van der Waals surface area contributed by atoms with Crippen LogP contribution in [0.1, 0.15) is 5.69 Å². The Morgan fingerprint density at radius 3 is 2.67 bits per heavy atom. The molecule has 0 aliphatic carbocycles. The summed E-state index contributed by atoms with van der Waals surface area (Å²) in [4.78, 5) is 20.4. The number of aryl methyl sites for hydroxylation is 1. The van der Waals surface area contributed by atoms with Gasteiger partial charge in [0.05, 0.1) is 18.1 Å². The van der Waals surface area contributed by atoms with E-state index in [1.807, 2.05) is 19.0 Å². The number of hydrogen-bond acceptors (Lipinski definition) is 9. The van der Waals surface area contributed by atoms with E-state index < -0.39 is 4.92 Å². The van der Waals surface area contributed by atoms with E-state index >= 15 is 0 Å². The lowest BCUT2D eigenvalue weighted by atomic mass is 10.3. The van der Waals surface area contributed by atoms with Crippen molar-refractivity contribution in [3.8, 4) is 0 Å². The first-order valence-corrected chi connectivity index (χ1v) is 6.41. The molecule has 0 unspecified atom stereocenters. The lowest BCUT2D eigenvalue weighted by molar-refractivity contribution is -0.385. The third-order valence-corrected chi connectivity index (χ3v) is 2.59. The molecular weight excluding hydrogens is 278 g/mol. The van der Waals surface area contributed by atoms with Crippen molar-refractivity contribution in [2.75, 3.05) is 51.1 Å². The summed E-state index contributed by atoms with van der Waals surface area (Å²) in [6, 6.07) is 0. The van der Waals surface area contributed by atoms with Crippen LogP contribution in [0.25, 0.3) is 0 Å². The van der Waals surface area contributed by atoms with E-state index in [9.17, 15) is 10.1 Å². The summed E-state index contributed by atoms with van der Waals surface area (Å²) in [5.74, 6) is 5.48. The second-order valence-corrected chi connectivity index (χ2v) is 4.57. The number of nitrogens with one attached hydrogen (secondary N) is 2. The Morgan fingerprint density at radius 1 is 1.38 bits per heavy atom. The summed E-state index contributed by atoms with van der Waals surface area (Å²) in [5.41, 5.74) is 2.35. The van der Waals surface area contributed by atoms with Gasteiger partial charge in [-0.05, 0) is 21.0 Å². The molecule has 0 spiro atoms. The van der Waals surface area contributed by atoms with Gasteiger partial charge in [-0.15, -0.1) is 0 Å². The number of ether oxygens (including phenoxy) is 1. The molecule has 0 aliphatic rings. The highest BCUT2D eigenvalue weighted by Crippen LogP contribution is 2.25. The molecule has 1 aromatic rings. The summed E-state index contributed by atoms with van der Waals surface area (Å²) in [6.45, 7) is 3.75. The quantitative estimate of drug-likeness (QED) is 0.249. The van der Waals surface area contributed by atoms with Gasteiger partial charge in [-0.3, -0.25) is 15.5 Å². The van der Waals surface area contributed by atoms with Crippen LogP contribution >= 0.6 is 0 Å². The average molecular weight is 299 g/mol. The predicted molar refractivity (Wildman–Crippen MR) is 79.1 cm³/mol. The number of rotatable bonds is 9. The molecule has 1 rings (SSSR count). The van der Waals surface area contributed by atoms with Crippen molar-refractivity contribution < 1.29 is 9.66 Å². The monoisotopic (exact) mass is 299 g/mol. The minimum absolute atomic E-state index is 0.120. The van der Waals surface area contributed by atoms with E-state index in [2.05, 4.69) is 20.7 Å². The van der Waals surface area contributed by atoms with Crippen LogP contribution in [-0.4, -0.2) is 60.2 Å². The smallest absolute Gasteiger partial charge is 0.332 e. The fraction of sp³-hybridized carbons (Fsp3) is 0.636. The Kier molecular flexibility index (Phi) is 6.72. The number of hydrogen-bond donors (Lipinski definition) is 3. The van der Waals surface area contributed by atoms with E-state index in [1.165, 1.54) is 6.92 Å². The molecular formula is C11H21N7O3. The standard InChI is InChI=1S/C11H21N7O3/c1-8-9(18(19)20)10(15-11(14-8)16-12)13-4-6-21-7-5-17(2)3/h4-7,12H2,1-3H3,(H2,13,14,15,16).